The number of hydrogen-bond donors (Lipinski definition) is 0. The molecule has 0 saturated heterocycles. The fourth-order valence-corrected chi connectivity index (χ4v) is 1.61. The molecule has 0 aliphatic carbocycles. The normalized spacial score (nSPS) is 10.7. The van der Waals surface area contributed by atoms with Crippen LogP contribution in [0.3, 0.4) is 0 Å². The van der Waals surface area contributed by atoms with Gasteiger partial charge in [0.25, 0.3) is 5.56 Å². The average Bonchev–Trinajstić information content (AvgIpc) is 2.23. The third kappa shape index (κ3) is 1.33. The Bertz CT molecular complexity index is 525. The zero-order chi connectivity index (χ0) is 10.1. The van der Waals surface area contributed by atoms with Gasteiger partial charge >= 0.3 is 0 Å². The lowest BCUT2D eigenvalue weighted by Crippen LogP contribution is -2.15. The number of hydrogen-bond acceptors (Lipinski definition) is 1. The van der Waals surface area contributed by atoms with Gasteiger partial charge in [-0.15, -0.1) is 0 Å². The number of aryl methyl sites for hydroxylation is 2. The Labute approximate surface area is 82.8 Å². The first-order valence-corrected chi connectivity index (χ1v) is 4.80. The van der Waals surface area contributed by atoms with E-state index < -0.39 is 0 Å². The molecule has 0 atom stereocenters. The molecule has 2 rings (SSSR count). The molecule has 0 N–H and O–H groups in total. The average molecular weight is 187 g/mol. The molecule has 1 aromatic carbocycles. The predicted octanol–water partition coefficient (Wildman–Crippen LogP) is 2.10. The lowest BCUT2D eigenvalue weighted by molar-refractivity contribution is 0.873. The molecule has 14 heavy (non-hydrogen) atoms. The van der Waals surface area contributed by atoms with E-state index >= 15 is 0 Å². The van der Waals surface area contributed by atoms with Crippen molar-refractivity contribution in [3.63, 3.8) is 0 Å². The van der Waals surface area contributed by atoms with Crippen molar-refractivity contribution in [1.29, 1.82) is 0 Å². The summed E-state index contributed by atoms with van der Waals surface area (Å²) in [5.74, 6) is 0. The van der Waals surface area contributed by atoms with Crippen molar-refractivity contribution in [2.45, 2.75) is 13.3 Å². The second-order valence-electron chi connectivity index (χ2n) is 3.51. The van der Waals surface area contributed by atoms with Crippen LogP contribution in [-0.2, 0) is 13.5 Å². The number of nitrogens with zero attached hydrogens (tertiary/aromatic N) is 1. The number of rotatable bonds is 1. The fourth-order valence-electron chi connectivity index (χ4n) is 1.61. The number of benzene rings is 1. The summed E-state index contributed by atoms with van der Waals surface area (Å²) in [7, 11) is 1.77. The molecule has 0 unspecified atom stereocenters. The summed E-state index contributed by atoms with van der Waals surface area (Å²) in [6, 6.07) is 7.99. The highest BCUT2D eigenvalue weighted by molar-refractivity contribution is 5.82. The van der Waals surface area contributed by atoms with Crippen LogP contribution >= 0.6 is 0 Å². The Morgan fingerprint density at radius 2 is 2.07 bits per heavy atom. The van der Waals surface area contributed by atoms with Gasteiger partial charge in [-0.3, -0.25) is 4.79 Å². The summed E-state index contributed by atoms with van der Waals surface area (Å²) in [6.45, 7) is 2.11. The second kappa shape index (κ2) is 3.29. The summed E-state index contributed by atoms with van der Waals surface area (Å²) in [5, 5.41) is 1.83. The minimum Gasteiger partial charge on any atom is -0.318 e. The first-order valence-electron chi connectivity index (χ1n) is 4.80. The van der Waals surface area contributed by atoms with Crippen molar-refractivity contribution >= 4 is 10.8 Å². The summed E-state index contributed by atoms with van der Waals surface area (Å²) in [5.41, 5.74) is 1.34. The lowest BCUT2D eigenvalue weighted by Gasteiger charge is -2.02. The predicted molar refractivity (Wildman–Crippen MR) is 58.6 cm³/mol. The van der Waals surface area contributed by atoms with Crippen LogP contribution < -0.4 is 5.56 Å². The van der Waals surface area contributed by atoms with Crippen LogP contribution in [0.1, 0.15) is 12.5 Å². The number of aromatic nitrogens is 1. The van der Waals surface area contributed by atoms with Gasteiger partial charge in [-0.1, -0.05) is 19.1 Å². The van der Waals surface area contributed by atoms with Gasteiger partial charge in [-0.05, 0) is 29.5 Å². The van der Waals surface area contributed by atoms with Gasteiger partial charge in [-0.2, -0.15) is 0 Å². The van der Waals surface area contributed by atoms with Gasteiger partial charge in [0.05, 0.1) is 0 Å². The van der Waals surface area contributed by atoms with Gasteiger partial charge in [0.15, 0.2) is 0 Å². The maximum atomic E-state index is 11.7. The monoisotopic (exact) mass is 187 g/mol. The minimum atomic E-state index is 0.0742. The third-order valence-corrected chi connectivity index (χ3v) is 2.55. The Balaban J connectivity index is 2.81. The minimum absolute atomic E-state index is 0.0742. The molecule has 2 heteroatoms. The van der Waals surface area contributed by atoms with Crippen LogP contribution in [0.5, 0.6) is 0 Å². The van der Waals surface area contributed by atoms with Gasteiger partial charge in [-0.25, -0.2) is 0 Å². The van der Waals surface area contributed by atoms with Crippen LogP contribution in [0.25, 0.3) is 10.8 Å². The second-order valence-corrected chi connectivity index (χ2v) is 3.51. The molecule has 2 aromatic rings. The van der Waals surface area contributed by atoms with Crippen molar-refractivity contribution in [2.75, 3.05) is 0 Å². The van der Waals surface area contributed by atoms with Crippen LogP contribution in [0, 0.1) is 0 Å². The van der Waals surface area contributed by atoms with Crippen molar-refractivity contribution in [3.8, 4) is 0 Å². The molecule has 0 spiro atoms. The topological polar surface area (TPSA) is 22.0 Å². The first kappa shape index (κ1) is 9.00. The number of fused-ring (bicyclic) bond motifs is 1. The highest BCUT2D eigenvalue weighted by atomic mass is 16.1. The maximum Gasteiger partial charge on any atom is 0.258 e. The fraction of sp³-hybridized carbons (Fsp3) is 0.250. The van der Waals surface area contributed by atoms with Crippen LogP contribution in [-0.4, -0.2) is 4.57 Å². The molecule has 0 aliphatic rings. The van der Waals surface area contributed by atoms with Crippen molar-refractivity contribution in [3.05, 3.63) is 46.4 Å². The summed E-state index contributed by atoms with van der Waals surface area (Å²) < 4.78 is 1.61. The molecule has 0 aliphatic heterocycles. The molecule has 2 nitrogen and oxygen atoms in total. The molecule has 0 fully saturated rings. The lowest BCUT2D eigenvalue weighted by atomic mass is 10.1. The molecule has 72 valence electrons. The van der Waals surface area contributed by atoms with Crippen LogP contribution in [0.15, 0.2) is 35.3 Å². The third-order valence-electron chi connectivity index (χ3n) is 2.55. The van der Waals surface area contributed by atoms with E-state index in [0.717, 1.165) is 17.2 Å². The highest BCUT2D eigenvalue weighted by Crippen LogP contribution is 2.12. The van der Waals surface area contributed by atoms with Crippen molar-refractivity contribution in [1.82, 2.24) is 4.57 Å². The molecular weight excluding hydrogens is 174 g/mol. The van der Waals surface area contributed by atoms with E-state index in [-0.39, 0.29) is 5.56 Å². The molecule has 0 saturated carbocycles. The quantitative estimate of drug-likeness (QED) is 0.670. The van der Waals surface area contributed by atoms with E-state index in [1.54, 1.807) is 11.6 Å². The van der Waals surface area contributed by atoms with Crippen LogP contribution in [0.4, 0.5) is 0 Å². The van der Waals surface area contributed by atoms with E-state index in [1.807, 2.05) is 24.4 Å². The zero-order valence-corrected chi connectivity index (χ0v) is 8.45. The zero-order valence-electron chi connectivity index (χ0n) is 8.45. The molecular formula is C12H13NO. The van der Waals surface area contributed by atoms with E-state index in [2.05, 4.69) is 13.0 Å². The molecule has 1 aromatic heterocycles. The Morgan fingerprint density at radius 3 is 2.79 bits per heavy atom. The summed E-state index contributed by atoms with van der Waals surface area (Å²) in [4.78, 5) is 11.7. The van der Waals surface area contributed by atoms with Crippen LogP contribution in [0.2, 0.25) is 0 Å². The summed E-state index contributed by atoms with van der Waals surface area (Å²) in [6.07, 6.45) is 2.81. The standard InChI is InChI=1S/C12H13NO/c1-3-9-4-5-11-10(8-9)6-7-13(2)12(11)14/h4-8H,3H2,1-2H3. The van der Waals surface area contributed by atoms with Gasteiger partial charge in [0, 0.05) is 18.6 Å². The molecule has 1 heterocycles. The van der Waals surface area contributed by atoms with Crippen molar-refractivity contribution < 1.29 is 0 Å². The number of pyridine rings is 1. The van der Waals surface area contributed by atoms with Crippen molar-refractivity contribution in [2.24, 2.45) is 7.05 Å². The van der Waals surface area contributed by atoms with Gasteiger partial charge < -0.3 is 4.57 Å². The summed E-state index contributed by atoms with van der Waals surface area (Å²) >= 11 is 0. The van der Waals surface area contributed by atoms with Gasteiger partial charge in [0.2, 0.25) is 0 Å². The molecule has 0 bridgehead atoms. The van der Waals surface area contributed by atoms with Gasteiger partial charge in [0.1, 0.15) is 0 Å². The largest absolute Gasteiger partial charge is 0.318 e. The molecule has 0 amide bonds. The Hall–Kier alpha value is -1.57. The smallest absolute Gasteiger partial charge is 0.258 e. The Kier molecular flexibility index (Phi) is 2.12. The first-order chi connectivity index (χ1) is 6.72. The van der Waals surface area contributed by atoms with E-state index in [1.165, 1.54) is 5.56 Å². The van der Waals surface area contributed by atoms with E-state index in [9.17, 15) is 4.79 Å². The maximum absolute atomic E-state index is 11.7. The van der Waals surface area contributed by atoms with E-state index in [4.69, 9.17) is 0 Å². The Morgan fingerprint density at radius 1 is 1.29 bits per heavy atom. The van der Waals surface area contributed by atoms with E-state index in [0.29, 0.717) is 0 Å². The SMILES string of the molecule is CCc1ccc2c(=O)n(C)ccc2c1. The molecule has 0 radical (unpaired) electrons. The highest BCUT2D eigenvalue weighted by Gasteiger charge is 2.00.